The van der Waals surface area contributed by atoms with Crippen molar-refractivity contribution in [2.45, 2.75) is 19.5 Å². The SMILES string of the molecule is Cc1cccc(CNC(=O)CN2CC(N3CCNC3=O)C2)c1. The van der Waals surface area contributed by atoms with Crippen molar-refractivity contribution in [2.75, 3.05) is 32.7 Å². The maximum Gasteiger partial charge on any atom is 0.317 e. The lowest BCUT2D eigenvalue weighted by Gasteiger charge is -2.43. The Labute approximate surface area is 130 Å². The van der Waals surface area contributed by atoms with E-state index in [-0.39, 0.29) is 18.0 Å². The van der Waals surface area contributed by atoms with E-state index in [2.05, 4.69) is 21.6 Å². The smallest absolute Gasteiger partial charge is 0.317 e. The third kappa shape index (κ3) is 3.39. The quantitative estimate of drug-likeness (QED) is 0.823. The Morgan fingerprint density at radius 1 is 1.41 bits per heavy atom. The molecule has 6 nitrogen and oxygen atoms in total. The van der Waals surface area contributed by atoms with E-state index in [1.165, 1.54) is 5.56 Å². The zero-order chi connectivity index (χ0) is 15.5. The second kappa shape index (κ2) is 6.36. The minimum atomic E-state index is 0.0218. The number of benzene rings is 1. The molecule has 0 aliphatic carbocycles. The minimum Gasteiger partial charge on any atom is -0.351 e. The summed E-state index contributed by atoms with van der Waals surface area (Å²) in [6.45, 7) is 6.07. The van der Waals surface area contributed by atoms with Crippen molar-refractivity contribution in [1.82, 2.24) is 20.4 Å². The van der Waals surface area contributed by atoms with Gasteiger partial charge in [-0.25, -0.2) is 4.79 Å². The van der Waals surface area contributed by atoms with Crippen molar-refractivity contribution >= 4 is 11.9 Å². The largest absolute Gasteiger partial charge is 0.351 e. The normalized spacial score (nSPS) is 19.0. The van der Waals surface area contributed by atoms with Crippen molar-refractivity contribution in [1.29, 1.82) is 0 Å². The molecule has 6 heteroatoms. The fourth-order valence-electron chi connectivity index (χ4n) is 2.99. The molecule has 0 bridgehead atoms. The molecule has 2 aliphatic rings. The van der Waals surface area contributed by atoms with Crippen LogP contribution in [0.2, 0.25) is 0 Å². The average molecular weight is 302 g/mol. The van der Waals surface area contributed by atoms with E-state index in [0.717, 1.165) is 31.7 Å². The van der Waals surface area contributed by atoms with Gasteiger partial charge < -0.3 is 15.5 Å². The number of rotatable bonds is 5. The number of nitrogens with zero attached hydrogens (tertiary/aromatic N) is 2. The molecule has 0 saturated carbocycles. The van der Waals surface area contributed by atoms with Gasteiger partial charge >= 0.3 is 6.03 Å². The summed E-state index contributed by atoms with van der Waals surface area (Å²) >= 11 is 0. The van der Waals surface area contributed by atoms with Crippen LogP contribution in [0.5, 0.6) is 0 Å². The Kier molecular flexibility index (Phi) is 4.29. The van der Waals surface area contributed by atoms with Gasteiger partial charge in [-0.15, -0.1) is 0 Å². The Balaban J connectivity index is 1.38. The monoisotopic (exact) mass is 302 g/mol. The van der Waals surface area contributed by atoms with E-state index < -0.39 is 0 Å². The topological polar surface area (TPSA) is 64.7 Å². The summed E-state index contributed by atoms with van der Waals surface area (Å²) in [5.41, 5.74) is 2.31. The predicted octanol–water partition coefficient (Wildman–Crippen LogP) is 0.321. The van der Waals surface area contributed by atoms with Crippen molar-refractivity contribution in [3.63, 3.8) is 0 Å². The van der Waals surface area contributed by atoms with Crippen molar-refractivity contribution < 1.29 is 9.59 Å². The number of aryl methyl sites for hydroxylation is 1. The highest BCUT2D eigenvalue weighted by atomic mass is 16.2. The van der Waals surface area contributed by atoms with E-state index in [1.807, 2.05) is 30.0 Å². The molecule has 0 radical (unpaired) electrons. The molecule has 2 N–H and O–H groups in total. The van der Waals surface area contributed by atoms with Gasteiger partial charge in [0.1, 0.15) is 0 Å². The highest BCUT2D eigenvalue weighted by Crippen LogP contribution is 2.16. The lowest BCUT2D eigenvalue weighted by atomic mass is 10.1. The average Bonchev–Trinajstić information content (AvgIpc) is 2.86. The lowest BCUT2D eigenvalue weighted by molar-refractivity contribution is -0.124. The van der Waals surface area contributed by atoms with Crippen LogP contribution in [0.4, 0.5) is 4.79 Å². The minimum absolute atomic E-state index is 0.0218. The Bertz CT molecular complexity index is 569. The van der Waals surface area contributed by atoms with Crippen LogP contribution >= 0.6 is 0 Å². The van der Waals surface area contributed by atoms with Crippen LogP contribution in [0, 0.1) is 6.92 Å². The van der Waals surface area contributed by atoms with Crippen LogP contribution in [0.25, 0.3) is 0 Å². The van der Waals surface area contributed by atoms with Crippen LogP contribution in [-0.4, -0.2) is 60.5 Å². The van der Waals surface area contributed by atoms with E-state index in [0.29, 0.717) is 13.1 Å². The number of hydrogen-bond donors (Lipinski definition) is 2. The third-order valence-electron chi connectivity index (χ3n) is 4.21. The van der Waals surface area contributed by atoms with E-state index >= 15 is 0 Å². The van der Waals surface area contributed by atoms with Crippen LogP contribution < -0.4 is 10.6 Å². The van der Waals surface area contributed by atoms with Crippen LogP contribution in [-0.2, 0) is 11.3 Å². The summed E-state index contributed by atoms with van der Waals surface area (Å²) < 4.78 is 0. The molecule has 2 saturated heterocycles. The van der Waals surface area contributed by atoms with Crippen LogP contribution in [0.3, 0.4) is 0 Å². The standard InChI is InChI=1S/C16H22N4O2/c1-12-3-2-4-13(7-12)8-18-15(21)11-19-9-14(10-19)20-6-5-17-16(20)22/h2-4,7,14H,5-6,8-11H2,1H3,(H,17,22)(H,18,21). The maximum absolute atomic E-state index is 12.0. The molecule has 2 fully saturated rings. The second-order valence-corrected chi connectivity index (χ2v) is 6.04. The van der Waals surface area contributed by atoms with Crippen molar-refractivity contribution in [3.8, 4) is 0 Å². The number of nitrogens with one attached hydrogen (secondary N) is 2. The number of hydrogen-bond acceptors (Lipinski definition) is 3. The fourth-order valence-corrected chi connectivity index (χ4v) is 2.99. The van der Waals surface area contributed by atoms with Crippen LogP contribution in [0.15, 0.2) is 24.3 Å². The molecule has 3 amide bonds. The molecule has 2 heterocycles. The summed E-state index contributed by atoms with van der Waals surface area (Å²) in [5, 5.41) is 5.75. The molecular formula is C16H22N4O2. The second-order valence-electron chi connectivity index (χ2n) is 6.04. The molecule has 1 aromatic rings. The van der Waals surface area contributed by atoms with Gasteiger partial charge in [-0.05, 0) is 12.5 Å². The molecule has 118 valence electrons. The van der Waals surface area contributed by atoms with Gasteiger partial charge in [0.05, 0.1) is 12.6 Å². The number of carbonyl (C=O) groups is 2. The predicted molar refractivity (Wildman–Crippen MR) is 83.4 cm³/mol. The molecule has 0 spiro atoms. The number of likely N-dealkylation sites (tertiary alicyclic amines) is 1. The molecule has 22 heavy (non-hydrogen) atoms. The highest BCUT2D eigenvalue weighted by molar-refractivity contribution is 5.78. The summed E-state index contributed by atoms with van der Waals surface area (Å²) in [6.07, 6.45) is 0. The van der Waals surface area contributed by atoms with Gasteiger partial charge in [0, 0.05) is 32.7 Å². The van der Waals surface area contributed by atoms with Crippen LogP contribution in [0.1, 0.15) is 11.1 Å². The first-order valence-electron chi connectivity index (χ1n) is 7.71. The van der Waals surface area contributed by atoms with Gasteiger partial charge in [-0.2, -0.15) is 0 Å². The van der Waals surface area contributed by atoms with Gasteiger partial charge in [0.25, 0.3) is 0 Å². The first-order valence-corrected chi connectivity index (χ1v) is 7.71. The first-order chi connectivity index (χ1) is 10.6. The summed E-state index contributed by atoms with van der Waals surface area (Å²) in [6, 6.07) is 8.41. The summed E-state index contributed by atoms with van der Waals surface area (Å²) in [5.74, 6) is 0.0332. The molecule has 0 aromatic heterocycles. The van der Waals surface area contributed by atoms with Gasteiger partial charge in [-0.3, -0.25) is 9.69 Å². The molecule has 1 aromatic carbocycles. The molecule has 3 rings (SSSR count). The number of urea groups is 1. The van der Waals surface area contributed by atoms with E-state index in [4.69, 9.17) is 0 Å². The fraction of sp³-hybridized carbons (Fsp3) is 0.500. The van der Waals surface area contributed by atoms with Gasteiger partial charge in [0.15, 0.2) is 0 Å². The maximum atomic E-state index is 12.0. The first kappa shape index (κ1) is 14.8. The third-order valence-corrected chi connectivity index (χ3v) is 4.21. The van der Waals surface area contributed by atoms with Gasteiger partial charge in [-0.1, -0.05) is 29.8 Å². The molecule has 0 atom stereocenters. The summed E-state index contributed by atoms with van der Waals surface area (Å²) in [4.78, 5) is 27.4. The molecule has 0 unspecified atom stereocenters. The molecular weight excluding hydrogens is 280 g/mol. The lowest BCUT2D eigenvalue weighted by Crippen LogP contribution is -2.61. The van der Waals surface area contributed by atoms with Crippen molar-refractivity contribution in [2.24, 2.45) is 0 Å². The highest BCUT2D eigenvalue weighted by Gasteiger charge is 2.36. The zero-order valence-corrected chi connectivity index (χ0v) is 12.8. The Hall–Kier alpha value is -2.08. The summed E-state index contributed by atoms with van der Waals surface area (Å²) in [7, 11) is 0. The Morgan fingerprint density at radius 2 is 2.23 bits per heavy atom. The molecule has 2 aliphatic heterocycles. The van der Waals surface area contributed by atoms with Crippen molar-refractivity contribution in [3.05, 3.63) is 35.4 Å². The van der Waals surface area contributed by atoms with E-state index in [1.54, 1.807) is 0 Å². The number of amides is 3. The van der Waals surface area contributed by atoms with E-state index in [9.17, 15) is 9.59 Å². The Morgan fingerprint density at radius 3 is 2.91 bits per heavy atom. The zero-order valence-electron chi connectivity index (χ0n) is 12.8. The van der Waals surface area contributed by atoms with Gasteiger partial charge in [0.2, 0.25) is 5.91 Å². The number of carbonyl (C=O) groups excluding carboxylic acids is 2.